The van der Waals surface area contributed by atoms with Gasteiger partial charge in [-0.3, -0.25) is 9.88 Å². The zero-order chi connectivity index (χ0) is 22.1. The smallest absolute Gasteiger partial charge is 0.379 e. The highest BCUT2D eigenvalue weighted by atomic mass is 127. The van der Waals surface area contributed by atoms with Crippen LogP contribution in [-0.2, 0) is 17.5 Å². The highest BCUT2D eigenvalue weighted by Gasteiger charge is 2.31. The molecular weight excluding hydrogens is 534 g/mol. The number of hydrogen-bond acceptors (Lipinski definition) is 4. The average molecular weight is 563 g/mol. The van der Waals surface area contributed by atoms with Gasteiger partial charge >= 0.3 is 6.18 Å². The predicted octanol–water partition coefficient (Wildman–Crippen LogP) is 3.85. The summed E-state index contributed by atoms with van der Waals surface area (Å²) in [5.74, 6) is 0.637. The number of aliphatic imine (C=N–C) groups is 1. The van der Waals surface area contributed by atoms with E-state index in [9.17, 15) is 13.2 Å². The van der Waals surface area contributed by atoms with E-state index in [1.807, 2.05) is 25.1 Å². The lowest BCUT2D eigenvalue weighted by Crippen LogP contribution is -2.46. The normalized spacial score (nSPS) is 16.2. The maximum Gasteiger partial charge on any atom is 0.416 e. The number of guanidine groups is 1. The fourth-order valence-corrected chi connectivity index (χ4v) is 3.43. The number of morpholine rings is 1. The second kappa shape index (κ2) is 12.9. The molecule has 2 N–H and O–H groups in total. The molecule has 2 heterocycles. The van der Waals surface area contributed by atoms with Crippen molar-refractivity contribution >= 4 is 29.9 Å². The van der Waals surface area contributed by atoms with Gasteiger partial charge in [-0.05, 0) is 36.8 Å². The van der Waals surface area contributed by atoms with Crippen LogP contribution in [0.2, 0.25) is 0 Å². The number of nitrogens with one attached hydrogen (secondary N) is 2. The second-order valence-corrected chi connectivity index (χ2v) is 7.18. The largest absolute Gasteiger partial charge is 0.416 e. The Morgan fingerprint density at radius 1 is 1.12 bits per heavy atom. The first-order valence-corrected chi connectivity index (χ1v) is 10.4. The lowest BCUT2D eigenvalue weighted by Gasteiger charge is -2.35. The van der Waals surface area contributed by atoms with Gasteiger partial charge in [0.25, 0.3) is 0 Å². The third kappa shape index (κ3) is 7.89. The fourth-order valence-electron chi connectivity index (χ4n) is 3.43. The quantitative estimate of drug-likeness (QED) is 0.305. The Balaban J connectivity index is 0.00000363. The number of pyridine rings is 1. The third-order valence-electron chi connectivity index (χ3n) is 5.04. The van der Waals surface area contributed by atoms with Crippen LogP contribution in [0.5, 0.6) is 0 Å². The molecular formula is C22H29F3IN5O. The van der Waals surface area contributed by atoms with Crippen LogP contribution in [0.15, 0.2) is 53.7 Å². The number of ether oxygens (including phenoxy) is 1. The summed E-state index contributed by atoms with van der Waals surface area (Å²) in [5, 5.41) is 6.55. The lowest BCUT2D eigenvalue weighted by atomic mass is 10.0. The molecule has 6 nitrogen and oxygen atoms in total. The van der Waals surface area contributed by atoms with Gasteiger partial charge in [0.05, 0.1) is 37.1 Å². The highest BCUT2D eigenvalue weighted by molar-refractivity contribution is 14.0. The Morgan fingerprint density at radius 3 is 2.44 bits per heavy atom. The van der Waals surface area contributed by atoms with Gasteiger partial charge in [-0.25, -0.2) is 4.99 Å². The molecule has 10 heteroatoms. The molecule has 1 unspecified atom stereocenters. The molecule has 1 fully saturated rings. The standard InChI is InChI=1S/C22H28F3N5O.HI/c1-2-26-21(28-15-19-5-3-4-10-27-19)29-16-20(30-11-13-31-14-12-30)17-6-8-18(9-7-17)22(23,24)25;/h3-10,20H,2,11-16H2,1H3,(H2,26,28,29);1H. The van der Waals surface area contributed by atoms with Crippen LogP contribution >= 0.6 is 24.0 Å². The first-order valence-electron chi connectivity index (χ1n) is 10.4. The van der Waals surface area contributed by atoms with E-state index in [1.165, 1.54) is 0 Å². The molecule has 0 saturated carbocycles. The van der Waals surface area contributed by atoms with Gasteiger partial charge in [-0.2, -0.15) is 13.2 Å². The van der Waals surface area contributed by atoms with Crippen molar-refractivity contribution in [2.45, 2.75) is 25.7 Å². The van der Waals surface area contributed by atoms with E-state index in [0.717, 1.165) is 36.5 Å². The van der Waals surface area contributed by atoms with E-state index in [1.54, 1.807) is 18.3 Å². The molecule has 1 aromatic heterocycles. The lowest BCUT2D eigenvalue weighted by molar-refractivity contribution is -0.137. The molecule has 1 atom stereocenters. The molecule has 1 aliphatic rings. The number of hydrogen-bond donors (Lipinski definition) is 2. The molecule has 2 aromatic rings. The number of aromatic nitrogens is 1. The van der Waals surface area contributed by atoms with Gasteiger partial charge in [0, 0.05) is 32.4 Å². The van der Waals surface area contributed by atoms with Crippen LogP contribution in [0.1, 0.15) is 29.8 Å². The molecule has 32 heavy (non-hydrogen) atoms. The molecule has 0 amide bonds. The molecule has 1 saturated heterocycles. The van der Waals surface area contributed by atoms with Crippen molar-refractivity contribution < 1.29 is 17.9 Å². The van der Waals surface area contributed by atoms with Crippen LogP contribution in [0.3, 0.4) is 0 Å². The molecule has 176 valence electrons. The number of rotatable bonds is 7. The summed E-state index contributed by atoms with van der Waals surface area (Å²) in [6.45, 7) is 6.24. The van der Waals surface area contributed by atoms with Crippen molar-refractivity contribution in [2.24, 2.45) is 4.99 Å². The van der Waals surface area contributed by atoms with Crippen molar-refractivity contribution in [3.05, 3.63) is 65.5 Å². The number of halogens is 4. The van der Waals surface area contributed by atoms with Crippen molar-refractivity contribution in [2.75, 3.05) is 39.4 Å². The van der Waals surface area contributed by atoms with Crippen LogP contribution < -0.4 is 10.6 Å². The molecule has 0 radical (unpaired) electrons. The van der Waals surface area contributed by atoms with E-state index in [-0.39, 0.29) is 30.0 Å². The van der Waals surface area contributed by atoms with Crippen molar-refractivity contribution in [3.8, 4) is 0 Å². The Labute approximate surface area is 203 Å². The number of benzene rings is 1. The van der Waals surface area contributed by atoms with Crippen LogP contribution in [0.4, 0.5) is 13.2 Å². The Bertz CT molecular complexity index is 828. The summed E-state index contributed by atoms with van der Waals surface area (Å²) in [4.78, 5) is 11.1. The second-order valence-electron chi connectivity index (χ2n) is 7.18. The maximum absolute atomic E-state index is 13.0. The van der Waals surface area contributed by atoms with Crippen molar-refractivity contribution in [1.82, 2.24) is 20.5 Å². The first kappa shape index (κ1) is 26.3. The SMILES string of the molecule is CCNC(=NCc1ccccn1)NCC(c1ccc(C(F)(F)F)cc1)N1CCOCC1.I. The predicted molar refractivity (Wildman–Crippen MR) is 129 cm³/mol. The van der Waals surface area contributed by atoms with Gasteiger partial charge < -0.3 is 15.4 Å². The van der Waals surface area contributed by atoms with Gasteiger partial charge in [0.1, 0.15) is 0 Å². The molecule has 0 bridgehead atoms. The first-order chi connectivity index (χ1) is 15.0. The Hall–Kier alpha value is -1.92. The molecule has 3 rings (SSSR count). The van der Waals surface area contributed by atoms with Gasteiger partial charge in [-0.15, -0.1) is 24.0 Å². The van der Waals surface area contributed by atoms with E-state index in [4.69, 9.17) is 4.74 Å². The molecule has 0 spiro atoms. The summed E-state index contributed by atoms with van der Waals surface area (Å²) in [6.07, 6.45) is -2.62. The van der Waals surface area contributed by atoms with Crippen molar-refractivity contribution in [3.63, 3.8) is 0 Å². The molecule has 1 aliphatic heterocycles. The Morgan fingerprint density at radius 2 is 1.84 bits per heavy atom. The van der Waals surface area contributed by atoms with Crippen LogP contribution in [0, 0.1) is 0 Å². The minimum Gasteiger partial charge on any atom is -0.379 e. The summed E-state index contributed by atoms with van der Waals surface area (Å²) in [6, 6.07) is 11.0. The van der Waals surface area contributed by atoms with E-state index < -0.39 is 11.7 Å². The maximum atomic E-state index is 13.0. The summed E-state index contributed by atoms with van der Waals surface area (Å²) in [7, 11) is 0. The minimum absolute atomic E-state index is 0. The zero-order valence-electron chi connectivity index (χ0n) is 17.9. The van der Waals surface area contributed by atoms with Gasteiger partial charge in [-0.1, -0.05) is 18.2 Å². The average Bonchev–Trinajstić information content (AvgIpc) is 2.78. The molecule has 0 aliphatic carbocycles. The summed E-state index contributed by atoms with van der Waals surface area (Å²) in [5.41, 5.74) is 1.03. The highest BCUT2D eigenvalue weighted by Crippen LogP contribution is 2.31. The van der Waals surface area contributed by atoms with Crippen LogP contribution in [-0.4, -0.2) is 55.2 Å². The number of alkyl halides is 3. The Kier molecular flexibility index (Phi) is 10.7. The van der Waals surface area contributed by atoms with Gasteiger partial charge in [0.2, 0.25) is 0 Å². The van der Waals surface area contributed by atoms with Crippen LogP contribution in [0.25, 0.3) is 0 Å². The summed E-state index contributed by atoms with van der Waals surface area (Å²) >= 11 is 0. The minimum atomic E-state index is -4.35. The third-order valence-corrected chi connectivity index (χ3v) is 5.04. The number of nitrogens with zero attached hydrogens (tertiary/aromatic N) is 3. The van der Waals surface area contributed by atoms with E-state index in [0.29, 0.717) is 38.8 Å². The summed E-state index contributed by atoms with van der Waals surface area (Å²) < 4.78 is 44.4. The zero-order valence-corrected chi connectivity index (χ0v) is 20.3. The van der Waals surface area contributed by atoms with E-state index >= 15 is 0 Å². The molecule has 1 aromatic carbocycles. The van der Waals surface area contributed by atoms with E-state index in [2.05, 4.69) is 25.5 Å². The topological polar surface area (TPSA) is 61.8 Å². The van der Waals surface area contributed by atoms with Gasteiger partial charge in [0.15, 0.2) is 5.96 Å². The fraction of sp³-hybridized carbons (Fsp3) is 0.455. The monoisotopic (exact) mass is 563 g/mol. The van der Waals surface area contributed by atoms with Crippen molar-refractivity contribution in [1.29, 1.82) is 0 Å².